The van der Waals surface area contributed by atoms with Crippen LogP contribution >= 0.6 is 0 Å². The minimum absolute atomic E-state index is 0.226. The first kappa shape index (κ1) is 11.5. The number of hydrogen-bond donors (Lipinski definition) is 0. The fourth-order valence-electron chi connectivity index (χ4n) is 1.13. The van der Waals surface area contributed by atoms with Crippen molar-refractivity contribution in [2.45, 2.75) is 41.0 Å². The molecule has 0 heterocycles. The van der Waals surface area contributed by atoms with E-state index >= 15 is 0 Å². The summed E-state index contributed by atoms with van der Waals surface area (Å²) >= 11 is 0. The molecule has 0 rings (SSSR count). The van der Waals surface area contributed by atoms with Gasteiger partial charge in [0.1, 0.15) is 0 Å². The van der Waals surface area contributed by atoms with Crippen molar-refractivity contribution < 1.29 is 0 Å². The third-order valence-electron chi connectivity index (χ3n) is 1.75. The first-order chi connectivity index (χ1) is 5.48. The second-order valence-electron chi connectivity index (χ2n) is 4.35. The topological polar surface area (TPSA) is 0 Å². The van der Waals surface area contributed by atoms with E-state index in [9.17, 15) is 0 Å². The van der Waals surface area contributed by atoms with Crippen molar-refractivity contribution in [3.05, 3.63) is 24.3 Å². The van der Waals surface area contributed by atoms with Crippen molar-refractivity contribution >= 4 is 0 Å². The van der Waals surface area contributed by atoms with Crippen LogP contribution in [0, 0.1) is 11.3 Å². The third kappa shape index (κ3) is 6.21. The Hall–Kier alpha value is -0.520. The van der Waals surface area contributed by atoms with Gasteiger partial charge in [-0.15, -0.1) is 0 Å². The van der Waals surface area contributed by atoms with Gasteiger partial charge in [0.25, 0.3) is 0 Å². The molecule has 0 heteroatoms. The summed E-state index contributed by atoms with van der Waals surface area (Å²) in [4.78, 5) is 0. The average Bonchev–Trinajstić information content (AvgIpc) is 1.85. The summed E-state index contributed by atoms with van der Waals surface area (Å²) in [5, 5.41) is 0. The summed E-state index contributed by atoms with van der Waals surface area (Å²) in [6.07, 6.45) is 10.1. The quantitative estimate of drug-likeness (QED) is 0.549. The predicted octanol–water partition coefficient (Wildman–Crippen LogP) is 4.19. The number of allylic oxidation sites excluding steroid dienone is 4. The van der Waals surface area contributed by atoms with E-state index in [1.165, 1.54) is 6.42 Å². The smallest absolute Gasteiger partial charge is 0.000429 e. The molecule has 0 N–H and O–H groups in total. The van der Waals surface area contributed by atoms with E-state index in [1.807, 2.05) is 0 Å². The Kier molecular flexibility index (Phi) is 4.96. The summed E-state index contributed by atoms with van der Waals surface area (Å²) in [6, 6.07) is 0. The van der Waals surface area contributed by atoms with E-state index in [4.69, 9.17) is 0 Å². The summed E-state index contributed by atoms with van der Waals surface area (Å²) in [7, 11) is 0. The molecule has 0 saturated heterocycles. The molecule has 0 atom stereocenters. The summed E-state index contributed by atoms with van der Waals surface area (Å²) in [5.41, 5.74) is 0.226. The molecular weight excluding hydrogens is 144 g/mol. The fourth-order valence-corrected chi connectivity index (χ4v) is 1.13. The molecule has 0 radical (unpaired) electrons. The van der Waals surface area contributed by atoms with Crippen molar-refractivity contribution in [2.75, 3.05) is 0 Å². The second-order valence-corrected chi connectivity index (χ2v) is 4.35. The highest BCUT2D eigenvalue weighted by Gasteiger charge is 2.06. The molecule has 0 aliphatic heterocycles. The molecule has 0 aliphatic rings. The Labute approximate surface area is 77.4 Å². The van der Waals surface area contributed by atoms with Gasteiger partial charge in [0, 0.05) is 5.41 Å². The van der Waals surface area contributed by atoms with Crippen LogP contribution < -0.4 is 0 Å². The van der Waals surface area contributed by atoms with Crippen molar-refractivity contribution in [1.29, 1.82) is 0 Å². The molecule has 0 saturated carbocycles. The van der Waals surface area contributed by atoms with Gasteiger partial charge in [0.15, 0.2) is 0 Å². The van der Waals surface area contributed by atoms with E-state index in [2.05, 4.69) is 58.9 Å². The monoisotopic (exact) mass is 166 g/mol. The highest BCUT2D eigenvalue weighted by atomic mass is 14.1. The lowest BCUT2D eigenvalue weighted by Gasteiger charge is -2.14. The third-order valence-corrected chi connectivity index (χ3v) is 1.75. The molecule has 12 heavy (non-hydrogen) atoms. The SMILES string of the molecule is CC=CC(C)(C)C=CCC(C)C. The molecule has 0 amide bonds. The van der Waals surface area contributed by atoms with E-state index < -0.39 is 0 Å². The number of rotatable bonds is 4. The van der Waals surface area contributed by atoms with Crippen LogP contribution in [-0.2, 0) is 0 Å². The lowest BCUT2D eigenvalue weighted by atomic mass is 9.91. The van der Waals surface area contributed by atoms with Crippen LogP contribution in [0.5, 0.6) is 0 Å². The minimum atomic E-state index is 0.226. The first-order valence-electron chi connectivity index (χ1n) is 4.79. The molecule has 0 aromatic heterocycles. The molecule has 0 bridgehead atoms. The highest BCUT2D eigenvalue weighted by Crippen LogP contribution is 2.19. The standard InChI is InChI=1S/C12H22/c1-6-9-12(4,5)10-7-8-11(2)3/h6-7,9-11H,8H2,1-5H3. The second kappa shape index (κ2) is 5.18. The lowest BCUT2D eigenvalue weighted by molar-refractivity contribution is 0.609. The largest absolute Gasteiger partial charge is 0.0908 e. The zero-order valence-corrected chi connectivity index (χ0v) is 9.09. The molecule has 0 spiro atoms. The van der Waals surface area contributed by atoms with Gasteiger partial charge in [-0.1, -0.05) is 52.0 Å². The van der Waals surface area contributed by atoms with Crippen molar-refractivity contribution in [2.24, 2.45) is 11.3 Å². The van der Waals surface area contributed by atoms with Gasteiger partial charge < -0.3 is 0 Å². The summed E-state index contributed by atoms with van der Waals surface area (Å²) < 4.78 is 0. The van der Waals surface area contributed by atoms with Crippen LogP contribution in [0.25, 0.3) is 0 Å². The van der Waals surface area contributed by atoms with Crippen LogP contribution in [0.2, 0.25) is 0 Å². The van der Waals surface area contributed by atoms with E-state index in [-0.39, 0.29) is 5.41 Å². The van der Waals surface area contributed by atoms with Gasteiger partial charge in [-0.05, 0) is 19.3 Å². The van der Waals surface area contributed by atoms with Crippen LogP contribution in [-0.4, -0.2) is 0 Å². The van der Waals surface area contributed by atoms with Crippen molar-refractivity contribution in [1.82, 2.24) is 0 Å². The predicted molar refractivity (Wildman–Crippen MR) is 57.2 cm³/mol. The van der Waals surface area contributed by atoms with E-state index in [0.29, 0.717) is 0 Å². The maximum Gasteiger partial charge on any atom is 0.000429 e. The minimum Gasteiger partial charge on any atom is -0.0908 e. The van der Waals surface area contributed by atoms with Crippen LogP contribution in [0.1, 0.15) is 41.0 Å². The van der Waals surface area contributed by atoms with Gasteiger partial charge in [0.2, 0.25) is 0 Å². The van der Waals surface area contributed by atoms with Gasteiger partial charge in [-0.2, -0.15) is 0 Å². The molecule has 0 aromatic carbocycles. The number of hydrogen-bond acceptors (Lipinski definition) is 0. The molecule has 0 nitrogen and oxygen atoms in total. The van der Waals surface area contributed by atoms with E-state index in [1.54, 1.807) is 0 Å². The van der Waals surface area contributed by atoms with Gasteiger partial charge >= 0.3 is 0 Å². The Morgan fingerprint density at radius 3 is 2.17 bits per heavy atom. The van der Waals surface area contributed by atoms with Crippen LogP contribution in [0.4, 0.5) is 0 Å². The fraction of sp³-hybridized carbons (Fsp3) is 0.667. The summed E-state index contributed by atoms with van der Waals surface area (Å²) in [5.74, 6) is 0.766. The highest BCUT2D eigenvalue weighted by molar-refractivity contribution is 5.06. The zero-order valence-electron chi connectivity index (χ0n) is 9.09. The van der Waals surface area contributed by atoms with Crippen LogP contribution in [0.3, 0.4) is 0 Å². The molecule has 0 unspecified atom stereocenters. The molecule has 0 aromatic rings. The lowest BCUT2D eigenvalue weighted by Crippen LogP contribution is -2.01. The maximum absolute atomic E-state index is 2.28. The Morgan fingerprint density at radius 2 is 1.75 bits per heavy atom. The maximum atomic E-state index is 2.28. The van der Waals surface area contributed by atoms with Gasteiger partial charge in [0.05, 0.1) is 0 Å². The molecular formula is C12H22. The molecule has 0 aliphatic carbocycles. The molecule has 70 valence electrons. The Balaban J connectivity index is 3.96. The molecule has 0 fully saturated rings. The average molecular weight is 166 g/mol. The summed E-state index contributed by atoms with van der Waals surface area (Å²) in [6.45, 7) is 11.0. The van der Waals surface area contributed by atoms with Crippen LogP contribution in [0.15, 0.2) is 24.3 Å². The van der Waals surface area contributed by atoms with Gasteiger partial charge in [-0.25, -0.2) is 0 Å². The van der Waals surface area contributed by atoms with Gasteiger partial charge in [-0.3, -0.25) is 0 Å². The zero-order chi connectivity index (χ0) is 9.61. The van der Waals surface area contributed by atoms with Crippen molar-refractivity contribution in [3.63, 3.8) is 0 Å². The first-order valence-corrected chi connectivity index (χ1v) is 4.79. The van der Waals surface area contributed by atoms with Crippen molar-refractivity contribution in [3.8, 4) is 0 Å². The Bertz CT molecular complexity index is 159. The van der Waals surface area contributed by atoms with E-state index in [0.717, 1.165) is 5.92 Å². The normalized spacial score (nSPS) is 13.8. The Morgan fingerprint density at radius 1 is 1.17 bits per heavy atom.